The van der Waals surface area contributed by atoms with Crippen molar-refractivity contribution in [3.05, 3.63) is 10.5 Å². The van der Waals surface area contributed by atoms with Crippen molar-refractivity contribution in [2.75, 3.05) is 14.1 Å². The summed E-state index contributed by atoms with van der Waals surface area (Å²) in [5.41, 5.74) is 0.865. The predicted molar refractivity (Wildman–Crippen MR) is 88.0 cm³/mol. The summed E-state index contributed by atoms with van der Waals surface area (Å²) < 4.78 is 1.34. The van der Waals surface area contributed by atoms with E-state index >= 15 is 0 Å². The van der Waals surface area contributed by atoms with Gasteiger partial charge in [0.2, 0.25) is 0 Å². The Hall–Kier alpha value is -1.96. The largest absolute Gasteiger partial charge is 0.480 e. The zero-order chi connectivity index (χ0) is 17.3. The summed E-state index contributed by atoms with van der Waals surface area (Å²) in [4.78, 5) is 41.9. The molecule has 2 unspecified atom stereocenters. The van der Waals surface area contributed by atoms with Gasteiger partial charge in [-0.1, -0.05) is 13.3 Å². The second-order valence-corrected chi connectivity index (χ2v) is 6.91. The minimum atomic E-state index is -0.941. The Labute approximate surface area is 138 Å². The standard InChI is InChI=1S/C15H19N3O4S/c1-5-6-9-7-16-12-10(11(9)23-8(2)14(20)21)13(19)18(4)15(22)17(12)3/h7-8,10H,5-6H2,1-4H3/p+1. The van der Waals surface area contributed by atoms with Crippen LogP contribution >= 0.6 is 11.8 Å². The third kappa shape index (κ3) is 3.08. The molecule has 0 aromatic rings. The van der Waals surface area contributed by atoms with E-state index in [-0.39, 0.29) is 5.91 Å². The van der Waals surface area contributed by atoms with Gasteiger partial charge in [0.1, 0.15) is 11.5 Å². The van der Waals surface area contributed by atoms with Crippen molar-refractivity contribution in [3.8, 4) is 0 Å². The van der Waals surface area contributed by atoms with Gasteiger partial charge < -0.3 is 5.11 Å². The smallest absolute Gasteiger partial charge is 0.445 e. The lowest BCUT2D eigenvalue weighted by Gasteiger charge is -2.28. The van der Waals surface area contributed by atoms with Gasteiger partial charge in [-0.2, -0.15) is 9.48 Å². The number of fused-ring (bicyclic) bond motifs is 1. The Kier molecular flexibility index (Phi) is 5.03. The molecule has 2 aliphatic rings. The topological polar surface area (TPSA) is 90.1 Å². The number of allylic oxidation sites excluding steroid dienone is 1. The van der Waals surface area contributed by atoms with E-state index in [0.717, 1.165) is 28.7 Å². The number of aliphatic imine (C=N–C) groups is 1. The lowest BCUT2D eigenvalue weighted by atomic mass is 9.96. The Morgan fingerprint density at radius 3 is 2.74 bits per heavy atom. The van der Waals surface area contributed by atoms with Gasteiger partial charge in [-0.15, -0.1) is 16.8 Å². The zero-order valence-corrected chi connectivity index (χ0v) is 14.4. The summed E-state index contributed by atoms with van der Waals surface area (Å²) in [5.74, 6) is -1.66. The highest BCUT2D eigenvalue weighted by Gasteiger charge is 2.48. The summed E-state index contributed by atoms with van der Waals surface area (Å²) in [5, 5.41) is 8.50. The van der Waals surface area contributed by atoms with E-state index in [4.69, 9.17) is 0 Å². The van der Waals surface area contributed by atoms with Gasteiger partial charge in [0.15, 0.2) is 5.92 Å². The van der Waals surface area contributed by atoms with Crippen LogP contribution in [0.1, 0.15) is 26.7 Å². The van der Waals surface area contributed by atoms with Crippen LogP contribution in [-0.2, 0) is 9.59 Å². The van der Waals surface area contributed by atoms with E-state index in [9.17, 15) is 19.5 Å². The molecule has 124 valence electrons. The number of carbonyl (C=O) groups is 3. The molecular weight excluding hydrogens is 318 g/mol. The SMILES string of the molecule is CCCC1=C(SC(C)C(=O)O)C2C(=O)N(C)C(=O)[N+](C)=C2N=C1. The number of urea groups is 1. The number of aliphatic carboxylic acids is 1. The molecule has 2 aliphatic heterocycles. The van der Waals surface area contributed by atoms with Gasteiger partial charge in [0.05, 0.1) is 14.1 Å². The molecule has 0 radical (unpaired) electrons. The average Bonchev–Trinajstić information content (AvgIpc) is 2.52. The summed E-state index contributed by atoms with van der Waals surface area (Å²) in [6.07, 6.45) is 3.21. The number of hydrogen-bond acceptors (Lipinski definition) is 5. The van der Waals surface area contributed by atoms with E-state index in [0.29, 0.717) is 17.2 Å². The lowest BCUT2D eigenvalue weighted by molar-refractivity contribution is -0.407. The average molecular weight is 338 g/mol. The van der Waals surface area contributed by atoms with Crippen LogP contribution < -0.4 is 0 Å². The third-order valence-corrected chi connectivity index (χ3v) is 5.16. The molecule has 23 heavy (non-hydrogen) atoms. The fourth-order valence-electron chi connectivity index (χ4n) is 2.54. The molecule has 0 spiro atoms. The maximum atomic E-state index is 12.6. The number of carbonyl (C=O) groups excluding carboxylic acids is 2. The molecule has 3 amide bonds. The molecule has 0 saturated heterocycles. The van der Waals surface area contributed by atoms with E-state index in [1.807, 2.05) is 6.92 Å². The number of amidine groups is 1. The van der Waals surface area contributed by atoms with Crippen molar-refractivity contribution in [2.45, 2.75) is 31.9 Å². The molecule has 2 heterocycles. The monoisotopic (exact) mass is 338 g/mol. The first-order chi connectivity index (χ1) is 10.8. The van der Waals surface area contributed by atoms with Crippen LogP contribution in [0, 0.1) is 5.92 Å². The minimum absolute atomic E-state index is 0.359. The Morgan fingerprint density at radius 1 is 1.52 bits per heavy atom. The number of amides is 3. The van der Waals surface area contributed by atoms with E-state index in [2.05, 4.69) is 4.99 Å². The number of carboxylic acids is 1. The second-order valence-electron chi connectivity index (χ2n) is 5.53. The maximum absolute atomic E-state index is 12.6. The summed E-state index contributed by atoms with van der Waals surface area (Å²) >= 11 is 1.15. The maximum Gasteiger partial charge on any atom is 0.445 e. The summed E-state index contributed by atoms with van der Waals surface area (Å²) in [6.45, 7) is 3.59. The highest BCUT2D eigenvalue weighted by atomic mass is 32.2. The number of dihydropyridines is 1. The van der Waals surface area contributed by atoms with Crippen LogP contribution in [0.15, 0.2) is 15.5 Å². The normalized spacial score (nSPS) is 22.6. The van der Waals surface area contributed by atoms with E-state index in [1.54, 1.807) is 20.2 Å². The van der Waals surface area contributed by atoms with Gasteiger partial charge >= 0.3 is 17.9 Å². The highest BCUT2D eigenvalue weighted by molar-refractivity contribution is 8.04. The van der Waals surface area contributed by atoms with Crippen LogP contribution in [-0.4, -0.2) is 63.9 Å². The van der Waals surface area contributed by atoms with Crippen LogP contribution in [0.4, 0.5) is 4.79 Å². The molecule has 1 N–H and O–H groups in total. The molecule has 2 atom stereocenters. The van der Waals surface area contributed by atoms with Crippen molar-refractivity contribution in [2.24, 2.45) is 10.9 Å². The highest BCUT2D eigenvalue weighted by Crippen LogP contribution is 2.38. The minimum Gasteiger partial charge on any atom is -0.480 e. The van der Waals surface area contributed by atoms with E-state index < -0.39 is 23.2 Å². The first-order valence-corrected chi connectivity index (χ1v) is 8.26. The Balaban J connectivity index is 2.55. The van der Waals surface area contributed by atoms with Crippen LogP contribution in [0.5, 0.6) is 0 Å². The predicted octanol–water partition coefficient (Wildman–Crippen LogP) is 1.58. The number of carboxylic acid groups (broad SMARTS) is 1. The van der Waals surface area contributed by atoms with Crippen LogP contribution in [0.3, 0.4) is 0 Å². The number of rotatable bonds is 5. The molecule has 0 bridgehead atoms. The van der Waals surface area contributed by atoms with Crippen molar-refractivity contribution in [3.63, 3.8) is 0 Å². The van der Waals surface area contributed by atoms with Crippen molar-refractivity contribution < 1.29 is 24.1 Å². The summed E-state index contributed by atoms with van der Waals surface area (Å²) in [6, 6.07) is -0.437. The quantitative estimate of drug-likeness (QED) is 0.769. The number of nitrogens with zero attached hydrogens (tertiary/aromatic N) is 3. The third-order valence-electron chi connectivity index (χ3n) is 3.86. The molecule has 2 rings (SSSR count). The van der Waals surface area contributed by atoms with Crippen molar-refractivity contribution in [1.29, 1.82) is 0 Å². The first-order valence-electron chi connectivity index (χ1n) is 7.38. The van der Waals surface area contributed by atoms with Gasteiger partial charge in [-0.05, 0) is 18.9 Å². The lowest BCUT2D eigenvalue weighted by Crippen LogP contribution is -2.52. The number of imide groups is 1. The van der Waals surface area contributed by atoms with Gasteiger partial charge in [-0.25, -0.2) is 4.79 Å². The molecular formula is C15H20N3O4S+. The summed E-state index contributed by atoms with van der Waals surface area (Å²) in [7, 11) is 3.00. The zero-order valence-electron chi connectivity index (χ0n) is 13.6. The number of hydrogen-bond donors (Lipinski definition) is 1. The van der Waals surface area contributed by atoms with Gasteiger partial charge in [0, 0.05) is 4.91 Å². The molecule has 0 saturated carbocycles. The van der Waals surface area contributed by atoms with Crippen molar-refractivity contribution >= 4 is 41.7 Å². The Morgan fingerprint density at radius 2 is 2.17 bits per heavy atom. The fourth-order valence-corrected chi connectivity index (χ4v) is 3.67. The van der Waals surface area contributed by atoms with Gasteiger partial charge in [-0.3, -0.25) is 9.59 Å². The molecule has 7 nitrogen and oxygen atoms in total. The molecule has 8 heteroatoms. The first kappa shape index (κ1) is 17.4. The van der Waals surface area contributed by atoms with Crippen LogP contribution in [0.25, 0.3) is 0 Å². The van der Waals surface area contributed by atoms with E-state index in [1.165, 1.54) is 11.6 Å². The molecule has 0 aromatic heterocycles. The molecule has 0 fully saturated rings. The van der Waals surface area contributed by atoms with Gasteiger partial charge in [0.25, 0.3) is 5.84 Å². The second kappa shape index (κ2) is 6.66. The number of thioether (sulfide) groups is 1. The molecule has 0 aliphatic carbocycles. The fraction of sp³-hybridized carbons (Fsp3) is 0.533. The molecule has 0 aromatic carbocycles. The van der Waals surface area contributed by atoms with Crippen molar-refractivity contribution in [1.82, 2.24) is 4.90 Å². The van der Waals surface area contributed by atoms with Crippen LogP contribution in [0.2, 0.25) is 0 Å². The Bertz CT molecular complexity index is 666.